The molecule has 0 aliphatic heterocycles. The van der Waals surface area contributed by atoms with Crippen LogP contribution in [0.3, 0.4) is 0 Å². The normalized spacial score (nSPS) is 28.3. The molecule has 2 aliphatic carbocycles. The lowest BCUT2D eigenvalue weighted by atomic mass is 9.88. The maximum Gasteiger partial charge on any atom is 0.223 e. The topological polar surface area (TPSA) is 66.9 Å². The minimum Gasteiger partial charge on any atom is -0.367 e. The van der Waals surface area contributed by atoms with Crippen molar-refractivity contribution in [2.45, 2.75) is 25.7 Å². The molecule has 2 N–H and O–H groups in total. The van der Waals surface area contributed by atoms with Gasteiger partial charge in [0, 0.05) is 31.4 Å². The molecule has 2 saturated carbocycles. The second-order valence-electron chi connectivity index (χ2n) is 5.59. The summed E-state index contributed by atoms with van der Waals surface area (Å²) in [5, 5.41) is 6.17. The molecule has 0 radical (unpaired) electrons. The molecule has 0 spiro atoms. The maximum absolute atomic E-state index is 12.1. The van der Waals surface area contributed by atoms with Crippen LogP contribution < -0.4 is 10.6 Å². The van der Waals surface area contributed by atoms with Crippen LogP contribution in [0.4, 0.5) is 5.82 Å². The van der Waals surface area contributed by atoms with Gasteiger partial charge in [-0.2, -0.15) is 0 Å². The molecule has 2 bridgehead atoms. The van der Waals surface area contributed by atoms with Crippen molar-refractivity contribution in [3.05, 3.63) is 18.6 Å². The van der Waals surface area contributed by atoms with E-state index in [2.05, 4.69) is 20.6 Å². The molecule has 1 aromatic rings. The van der Waals surface area contributed by atoms with Gasteiger partial charge in [0.05, 0.1) is 6.20 Å². The predicted molar refractivity (Wildman–Crippen MR) is 72.5 cm³/mol. The molecule has 1 amide bonds. The average Bonchev–Trinajstić information content (AvgIpc) is 3.07. The number of carbonyl (C=O) groups excluding carboxylic acids is 1. The molecule has 19 heavy (non-hydrogen) atoms. The fourth-order valence-corrected chi connectivity index (χ4v) is 3.46. The lowest BCUT2D eigenvalue weighted by Gasteiger charge is -2.20. The Morgan fingerprint density at radius 2 is 2.21 bits per heavy atom. The number of fused-ring (bicyclic) bond motifs is 2. The van der Waals surface area contributed by atoms with Gasteiger partial charge in [-0.3, -0.25) is 9.78 Å². The molecule has 0 saturated heterocycles. The smallest absolute Gasteiger partial charge is 0.223 e. The van der Waals surface area contributed by atoms with Gasteiger partial charge in [-0.25, -0.2) is 4.98 Å². The fraction of sp³-hybridized carbons (Fsp3) is 0.643. The first kappa shape index (κ1) is 12.4. The van der Waals surface area contributed by atoms with E-state index in [9.17, 15) is 4.79 Å². The molecular weight excluding hydrogens is 240 g/mol. The Labute approximate surface area is 113 Å². The van der Waals surface area contributed by atoms with Crippen LogP contribution in [0, 0.1) is 17.8 Å². The van der Waals surface area contributed by atoms with Crippen LogP contribution in [0.5, 0.6) is 0 Å². The summed E-state index contributed by atoms with van der Waals surface area (Å²) >= 11 is 0. The van der Waals surface area contributed by atoms with Crippen molar-refractivity contribution in [1.29, 1.82) is 0 Å². The van der Waals surface area contributed by atoms with Crippen LogP contribution in [0.2, 0.25) is 0 Å². The molecular formula is C14H20N4O. The Morgan fingerprint density at radius 3 is 2.89 bits per heavy atom. The van der Waals surface area contributed by atoms with Gasteiger partial charge in [0.15, 0.2) is 0 Å². The van der Waals surface area contributed by atoms with E-state index in [4.69, 9.17) is 0 Å². The zero-order valence-corrected chi connectivity index (χ0v) is 11.0. The van der Waals surface area contributed by atoms with Crippen LogP contribution >= 0.6 is 0 Å². The zero-order chi connectivity index (χ0) is 13.1. The van der Waals surface area contributed by atoms with Crippen LogP contribution in [0.25, 0.3) is 0 Å². The number of nitrogens with zero attached hydrogens (tertiary/aromatic N) is 2. The molecule has 2 aliphatic rings. The summed E-state index contributed by atoms with van der Waals surface area (Å²) in [6, 6.07) is 0. The third-order valence-corrected chi connectivity index (χ3v) is 4.37. The first-order valence-corrected chi connectivity index (χ1v) is 7.10. The number of hydrogen-bond donors (Lipinski definition) is 2. The van der Waals surface area contributed by atoms with E-state index in [1.807, 2.05) is 0 Å². The van der Waals surface area contributed by atoms with Crippen molar-refractivity contribution in [3.8, 4) is 0 Å². The van der Waals surface area contributed by atoms with Gasteiger partial charge in [0.1, 0.15) is 5.82 Å². The third kappa shape index (κ3) is 2.85. The summed E-state index contributed by atoms with van der Waals surface area (Å²) in [7, 11) is 0. The van der Waals surface area contributed by atoms with Gasteiger partial charge in [0.25, 0.3) is 0 Å². The van der Waals surface area contributed by atoms with Crippen molar-refractivity contribution in [2.24, 2.45) is 17.8 Å². The highest BCUT2D eigenvalue weighted by atomic mass is 16.1. The summed E-state index contributed by atoms with van der Waals surface area (Å²) in [6.45, 7) is 1.33. The lowest BCUT2D eigenvalue weighted by molar-refractivity contribution is -0.126. The average molecular weight is 260 g/mol. The molecule has 3 unspecified atom stereocenters. The first-order valence-electron chi connectivity index (χ1n) is 7.10. The molecule has 3 rings (SSSR count). The minimum absolute atomic E-state index is 0.244. The number of nitrogens with one attached hydrogen (secondary N) is 2. The molecule has 1 heterocycles. The standard InChI is InChI=1S/C14H20N4O/c19-14(12-8-10-1-2-11(12)7-10)18-6-5-17-13-9-15-3-4-16-13/h3-4,9-12H,1-2,5-8H2,(H,16,17)(H,18,19). The van der Waals surface area contributed by atoms with Gasteiger partial charge in [0.2, 0.25) is 5.91 Å². The Balaban J connectivity index is 1.37. The summed E-state index contributed by atoms with van der Waals surface area (Å²) in [5.74, 6) is 2.73. The van der Waals surface area contributed by atoms with Crippen molar-refractivity contribution in [3.63, 3.8) is 0 Å². The van der Waals surface area contributed by atoms with Crippen molar-refractivity contribution >= 4 is 11.7 Å². The van der Waals surface area contributed by atoms with Crippen LogP contribution in [0.1, 0.15) is 25.7 Å². The quantitative estimate of drug-likeness (QED) is 0.786. The SMILES string of the molecule is O=C(NCCNc1cnccn1)C1CC2CCC1C2. The highest BCUT2D eigenvalue weighted by Gasteiger charge is 2.42. The molecule has 3 atom stereocenters. The summed E-state index contributed by atoms with van der Waals surface area (Å²) in [6.07, 6.45) is 9.93. The van der Waals surface area contributed by atoms with E-state index in [1.165, 1.54) is 19.3 Å². The van der Waals surface area contributed by atoms with E-state index in [-0.39, 0.29) is 11.8 Å². The molecule has 5 heteroatoms. The number of rotatable bonds is 5. The van der Waals surface area contributed by atoms with Crippen LogP contribution in [-0.2, 0) is 4.79 Å². The zero-order valence-electron chi connectivity index (χ0n) is 11.0. The van der Waals surface area contributed by atoms with Gasteiger partial charge < -0.3 is 10.6 Å². The maximum atomic E-state index is 12.1. The van der Waals surface area contributed by atoms with Crippen LogP contribution in [-0.4, -0.2) is 29.0 Å². The molecule has 1 aromatic heterocycles. The third-order valence-electron chi connectivity index (χ3n) is 4.37. The van der Waals surface area contributed by atoms with Crippen molar-refractivity contribution in [1.82, 2.24) is 15.3 Å². The lowest BCUT2D eigenvalue weighted by Crippen LogP contribution is -2.36. The van der Waals surface area contributed by atoms with Gasteiger partial charge in [-0.1, -0.05) is 6.42 Å². The minimum atomic E-state index is 0.244. The number of anilines is 1. The molecule has 5 nitrogen and oxygen atoms in total. The van der Waals surface area contributed by atoms with Crippen molar-refractivity contribution in [2.75, 3.05) is 18.4 Å². The van der Waals surface area contributed by atoms with E-state index in [1.54, 1.807) is 18.6 Å². The Hall–Kier alpha value is -1.65. The van der Waals surface area contributed by atoms with Gasteiger partial charge >= 0.3 is 0 Å². The summed E-state index contributed by atoms with van der Waals surface area (Å²) < 4.78 is 0. The largest absolute Gasteiger partial charge is 0.367 e. The van der Waals surface area contributed by atoms with E-state index in [0.29, 0.717) is 19.0 Å². The predicted octanol–water partition coefficient (Wildman–Crippen LogP) is 1.44. The van der Waals surface area contributed by atoms with E-state index in [0.717, 1.165) is 18.2 Å². The Morgan fingerprint density at radius 1 is 1.26 bits per heavy atom. The molecule has 2 fully saturated rings. The van der Waals surface area contributed by atoms with Crippen molar-refractivity contribution < 1.29 is 4.79 Å². The second-order valence-corrected chi connectivity index (χ2v) is 5.59. The first-order chi connectivity index (χ1) is 9.33. The molecule has 0 aromatic carbocycles. The highest BCUT2D eigenvalue weighted by Crippen LogP contribution is 2.48. The molecule has 102 valence electrons. The number of aromatic nitrogens is 2. The number of carbonyl (C=O) groups is 1. The Bertz CT molecular complexity index is 436. The van der Waals surface area contributed by atoms with Gasteiger partial charge in [-0.05, 0) is 31.1 Å². The number of hydrogen-bond acceptors (Lipinski definition) is 4. The Kier molecular flexibility index (Phi) is 3.62. The van der Waals surface area contributed by atoms with Gasteiger partial charge in [-0.15, -0.1) is 0 Å². The highest BCUT2D eigenvalue weighted by molar-refractivity contribution is 5.79. The number of amides is 1. The van der Waals surface area contributed by atoms with Crippen LogP contribution in [0.15, 0.2) is 18.6 Å². The van der Waals surface area contributed by atoms with E-state index < -0.39 is 0 Å². The summed E-state index contributed by atoms with van der Waals surface area (Å²) in [4.78, 5) is 20.2. The second kappa shape index (κ2) is 5.55. The monoisotopic (exact) mass is 260 g/mol. The summed E-state index contributed by atoms with van der Waals surface area (Å²) in [5.41, 5.74) is 0. The fourth-order valence-electron chi connectivity index (χ4n) is 3.46. The van der Waals surface area contributed by atoms with E-state index >= 15 is 0 Å².